The number of hydrogen-bond donors (Lipinski definition) is 1. The minimum absolute atomic E-state index is 0.262. The SMILES string of the molecule is CCc1cccc(NS(=O)(=O)c2cc(-c3cc(C)no3)sc2C)c1. The van der Waals surface area contributed by atoms with Gasteiger partial charge in [-0.3, -0.25) is 4.72 Å². The van der Waals surface area contributed by atoms with Gasteiger partial charge < -0.3 is 4.52 Å². The summed E-state index contributed by atoms with van der Waals surface area (Å²) in [5.74, 6) is 0.579. The predicted molar refractivity (Wildman–Crippen MR) is 95.9 cm³/mol. The molecule has 0 unspecified atom stereocenters. The Labute approximate surface area is 145 Å². The first-order valence-corrected chi connectivity index (χ1v) is 9.85. The molecule has 3 rings (SSSR count). The molecule has 0 fully saturated rings. The lowest BCUT2D eigenvalue weighted by molar-refractivity contribution is 0.428. The first-order valence-electron chi connectivity index (χ1n) is 7.55. The molecule has 126 valence electrons. The Balaban J connectivity index is 1.93. The summed E-state index contributed by atoms with van der Waals surface area (Å²) in [4.78, 5) is 1.72. The van der Waals surface area contributed by atoms with Crippen molar-refractivity contribution in [3.05, 3.63) is 52.5 Å². The van der Waals surface area contributed by atoms with Gasteiger partial charge in [0.05, 0.1) is 10.6 Å². The molecule has 0 aliphatic carbocycles. The zero-order valence-electron chi connectivity index (χ0n) is 13.7. The fourth-order valence-corrected chi connectivity index (χ4v) is 4.99. The van der Waals surface area contributed by atoms with Crippen molar-refractivity contribution in [3.63, 3.8) is 0 Å². The minimum atomic E-state index is -3.65. The Kier molecular flexibility index (Phi) is 4.47. The van der Waals surface area contributed by atoms with Crippen molar-refractivity contribution < 1.29 is 12.9 Å². The number of aromatic nitrogens is 1. The van der Waals surface area contributed by atoms with Crippen LogP contribution in [-0.4, -0.2) is 13.6 Å². The van der Waals surface area contributed by atoms with E-state index in [4.69, 9.17) is 4.52 Å². The van der Waals surface area contributed by atoms with Gasteiger partial charge >= 0.3 is 0 Å². The average Bonchev–Trinajstić information content (AvgIpc) is 3.13. The van der Waals surface area contributed by atoms with Crippen LogP contribution < -0.4 is 4.72 Å². The topological polar surface area (TPSA) is 72.2 Å². The molecular formula is C17H18N2O3S2. The van der Waals surface area contributed by atoms with E-state index in [1.165, 1.54) is 11.3 Å². The second-order valence-electron chi connectivity index (χ2n) is 5.52. The molecule has 0 bridgehead atoms. The van der Waals surface area contributed by atoms with Gasteiger partial charge in [0.2, 0.25) is 0 Å². The van der Waals surface area contributed by atoms with Crippen molar-refractivity contribution in [2.24, 2.45) is 0 Å². The number of nitrogens with zero attached hydrogens (tertiary/aromatic N) is 1. The smallest absolute Gasteiger partial charge is 0.263 e. The summed E-state index contributed by atoms with van der Waals surface area (Å²) < 4.78 is 33.3. The number of benzene rings is 1. The summed E-state index contributed by atoms with van der Waals surface area (Å²) >= 11 is 1.37. The molecule has 0 spiro atoms. The maximum atomic E-state index is 12.7. The van der Waals surface area contributed by atoms with E-state index in [1.807, 2.05) is 32.0 Å². The first-order chi connectivity index (χ1) is 11.4. The Morgan fingerprint density at radius 3 is 2.67 bits per heavy atom. The van der Waals surface area contributed by atoms with Crippen LogP contribution >= 0.6 is 11.3 Å². The third kappa shape index (κ3) is 3.37. The molecule has 1 N–H and O–H groups in total. The van der Waals surface area contributed by atoms with Gasteiger partial charge in [-0.05, 0) is 44.0 Å². The Hall–Kier alpha value is -2.12. The van der Waals surface area contributed by atoms with Gasteiger partial charge in [-0.25, -0.2) is 8.42 Å². The van der Waals surface area contributed by atoms with E-state index < -0.39 is 10.0 Å². The maximum absolute atomic E-state index is 12.7. The highest BCUT2D eigenvalue weighted by Crippen LogP contribution is 2.34. The van der Waals surface area contributed by atoms with Crippen molar-refractivity contribution >= 4 is 27.0 Å². The highest BCUT2D eigenvalue weighted by molar-refractivity contribution is 7.93. The standard InChI is InChI=1S/C17H18N2O3S2/c1-4-13-6-5-7-14(9-13)19-24(20,21)17-10-16(23-12(17)3)15-8-11(2)18-22-15/h5-10,19H,4H2,1-3H3. The molecule has 0 radical (unpaired) electrons. The summed E-state index contributed by atoms with van der Waals surface area (Å²) in [5, 5.41) is 3.85. The monoisotopic (exact) mass is 362 g/mol. The fraction of sp³-hybridized carbons (Fsp3) is 0.235. The van der Waals surface area contributed by atoms with Crippen LogP contribution in [0.2, 0.25) is 0 Å². The third-order valence-corrected chi connectivity index (χ3v) is 6.32. The zero-order chi connectivity index (χ0) is 17.3. The Morgan fingerprint density at radius 1 is 1.21 bits per heavy atom. The van der Waals surface area contributed by atoms with Crippen molar-refractivity contribution in [2.75, 3.05) is 4.72 Å². The highest BCUT2D eigenvalue weighted by atomic mass is 32.2. The molecule has 0 saturated heterocycles. The van der Waals surface area contributed by atoms with E-state index in [9.17, 15) is 8.42 Å². The van der Waals surface area contributed by atoms with Crippen LogP contribution in [0.4, 0.5) is 5.69 Å². The van der Waals surface area contributed by atoms with Crippen molar-refractivity contribution in [1.82, 2.24) is 5.16 Å². The average molecular weight is 362 g/mol. The van der Waals surface area contributed by atoms with Gasteiger partial charge in [-0.1, -0.05) is 24.2 Å². The number of aryl methyl sites for hydroxylation is 3. The largest absolute Gasteiger partial charge is 0.355 e. The summed E-state index contributed by atoms with van der Waals surface area (Å²) in [6.45, 7) is 5.64. The van der Waals surface area contributed by atoms with E-state index in [0.29, 0.717) is 16.3 Å². The van der Waals surface area contributed by atoms with Gasteiger partial charge in [0.1, 0.15) is 4.90 Å². The maximum Gasteiger partial charge on any atom is 0.263 e. The normalized spacial score (nSPS) is 11.6. The van der Waals surface area contributed by atoms with Crippen LogP contribution in [-0.2, 0) is 16.4 Å². The highest BCUT2D eigenvalue weighted by Gasteiger charge is 2.22. The number of anilines is 1. The van der Waals surface area contributed by atoms with Crippen molar-refractivity contribution in [1.29, 1.82) is 0 Å². The summed E-state index contributed by atoms with van der Waals surface area (Å²) in [7, 11) is -3.65. The van der Waals surface area contributed by atoms with Crippen LogP contribution in [0.3, 0.4) is 0 Å². The van der Waals surface area contributed by atoms with Crippen LogP contribution in [0.5, 0.6) is 0 Å². The molecule has 2 heterocycles. The van der Waals surface area contributed by atoms with E-state index in [1.54, 1.807) is 25.1 Å². The summed E-state index contributed by atoms with van der Waals surface area (Å²) in [6.07, 6.45) is 0.849. The van der Waals surface area contributed by atoms with Gasteiger partial charge in [-0.2, -0.15) is 0 Å². The second kappa shape index (κ2) is 6.41. The minimum Gasteiger partial charge on any atom is -0.355 e. The van der Waals surface area contributed by atoms with Crippen LogP contribution in [0.25, 0.3) is 10.6 Å². The number of sulfonamides is 1. The van der Waals surface area contributed by atoms with Crippen molar-refractivity contribution in [3.8, 4) is 10.6 Å². The molecule has 7 heteroatoms. The molecule has 1 aromatic carbocycles. The lowest BCUT2D eigenvalue weighted by Crippen LogP contribution is -2.13. The molecule has 24 heavy (non-hydrogen) atoms. The fourth-order valence-electron chi connectivity index (χ4n) is 2.40. The first kappa shape index (κ1) is 16.7. The zero-order valence-corrected chi connectivity index (χ0v) is 15.3. The quantitative estimate of drug-likeness (QED) is 0.731. The molecule has 5 nitrogen and oxygen atoms in total. The lowest BCUT2D eigenvalue weighted by atomic mass is 10.1. The second-order valence-corrected chi connectivity index (χ2v) is 8.43. The number of hydrogen-bond acceptors (Lipinski definition) is 5. The predicted octanol–water partition coefficient (Wildman–Crippen LogP) is 4.38. The Bertz CT molecular complexity index is 971. The molecule has 0 amide bonds. The van der Waals surface area contributed by atoms with Crippen LogP contribution in [0, 0.1) is 13.8 Å². The molecular weight excluding hydrogens is 344 g/mol. The molecule has 3 aromatic rings. The number of nitrogens with one attached hydrogen (secondary N) is 1. The van der Waals surface area contributed by atoms with Gasteiger partial charge in [0, 0.05) is 16.6 Å². The van der Waals surface area contributed by atoms with E-state index in [-0.39, 0.29) is 4.90 Å². The third-order valence-electron chi connectivity index (χ3n) is 3.62. The molecule has 0 aliphatic rings. The van der Waals surface area contributed by atoms with E-state index in [2.05, 4.69) is 9.88 Å². The molecule has 0 aliphatic heterocycles. The molecule has 0 saturated carbocycles. The van der Waals surface area contributed by atoms with Crippen LogP contribution in [0.15, 0.2) is 45.8 Å². The van der Waals surface area contributed by atoms with E-state index >= 15 is 0 Å². The number of rotatable bonds is 5. The molecule has 0 atom stereocenters. The summed E-state index contributed by atoms with van der Waals surface area (Å²) in [6, 6.07) is 10.8. The lowest BCUT2D eigenvalue weighted by Gasteiger charge is -2.08. The van der Waals surface area contributed by atoms with Crippen molar-refractivity contribution in [2.45, 2.75) is 32.1 Å². The van der Waals surface area contributed by atoms with Gasteiger partial charge in [0.15, 0.2) is 5.76 Å². The van der Waals surface area contributed by atoms with Gasteiger partial charge in [-0.15, -0.1) is 11.3 Å². The van der Waals surface area contributed by atoms with E-state index in [0.717, 1.165) is 22.6 Å². The van der Waals surface area contributed by atoms with Gasteiger partial charge in [0.25, 0.3) is 10.0 Å². The molecule has 2 aromatic heterocycles. The Morgan fingerprint density at radius 2 is 2.00 bits per heavy atom. The number of thiophene rings is 1. The van der Waals surface area contributed by atoms with Crippen LogP contribution in [0.1, 0.15) is 23.1 Å². The summed E-state index contributed by atoms with van der Waals surface area (Å²) in [5.41, 5.74) is 2.40.